The summed E-state index contributed by atoms with van der Waals surface area (Å²) in [4.78, 5) is 16.9. The van der Waals surface area contributed by atoms with E-state index in [4.69, 9.17) is 17.3 Å². The third kappa shape index (κ3) is 7.45. The van der Waals surface area contributed by atoms with Gasteiger partial charge in [-0.3, -0.25) is 15.5 Å². The summed E-state index contributed by atoms with van der Waals surface area (Å²) in [5.74, 6) is 8.48. The van der Waals surface area contributed by atoms with Gasteiger partial charge < -0.3 is 16.3 Å². The summed E-state index contributed by atoms with van der Waals surface area (Å²) >= 11 is 0. The number of carbonyl (C=O) groups excluding carboxylic acids is 1. The first kappa shape index (κ1) is 26.1. The monoisotopic (exact) mass is 448 g/mol. The number of nitrogens with one attached hydrogen (secondary N) is 2. The van der Waals surface area contributed by atoms with Gasteiger partial charge >= 0.3 is 0 Å². The molecule has 6 heteroatoms. The SMILES string of the molecule is CC(CCCCC(=O)CCCCC(C)(c1ccccc1)/[N+]([NH-])=C/[NH-])(N=CN)c1ccccc1. The van der Waals surface area contributed by atoms with Crippen LogP contribution in [0.3, 0.4) is 0 Å². The van der Waals surface area contributed by atoms with Crippen molar-refractivity contribution < 1.29 is 9.48 Å². The van der Waals surface area contributed by atoms with Crippen molar-refractivity contribution in [2.24, 2.45) is 10.7 Å². The topological polar surface area (TPSA) is 106 Å². The number of benzene rings is 2. The number of ketones is 1. The molecule has 2 unspecified atom stereocenters. The van der Waals surface area contributed by atoms with Gasteiger partial charge in [0.15, 0.2) is 0 Å². The van der Waals surface area contributed by atoms with Crippen LogP contribution in [0.2, 0.25) is 0 Å². The summed E-state index contributed by atoms with van der Waals surface area (Å²) in [7, 11) is 0. The number of hydrogen-bond acceptors (Lipinski definition) is 2. The molecule has 0 aliphatic carbocycles. The summed E-state index contributed by atoms with van der Waals surface area (Å²) in [6.45, 7) is 4.07. The van der Waals surface area contributed by atoms with E-state index in [-0.39, 0.29) is 11.3 Å². The predicted octanol–water partition coefficient (Wildman–Crippen LogP) is 6.55. The molecule has 0 bridgehead atoms. The first-order valence-corrected chi connectivity index (χ1v) is 11.7. The van der Waals surface area contributed by atoms with Gasteiger partial charge in [0.25, 0.3) is 0 Å². The standard InChI is InChI=1S/C27H38N5O/c1-26(31-21-28,23-13-5-3-6-14-23)19-11-9-17-25(33)18-10-12-20-27(2,32(30)22-29)24-15-7-4-8-16-24/h3-8,13-16,21-22,29-30H,9-12,17-20H2,1-2H3,(H2,28,31)/q-1/b32-22-,32-30?. The third-order valence-corrected chi connectivity index (χ3v) is 6.55. The number of carbonyl (C=O) groups is 1. The summed E-state index contributed by atoms with van der Waals surface area (Å²) in [6.07, 6.45) is 8.51. The number of unbranched alkanes of at least 4 members (excludes halogenated alkanes) is 2. The van der Waals surface area contributed by atoms with Gasteiger partial charge in [-0.1, -0.05) is 73.5 Å². The zero-order valence-corrected chi connectivity index (χ0v) is 20.0. The second kappa shape index (κ2) is 12.8. The van der Waals surface area contributed by atoms with E-state index in [2.05, 4.69) is 24.0 Å². The highest BCUT2D eigenvalue weighted by Crippen LogP contribution is 2.32. The first-order valence-electron chi connectivity index (χ1n) is 11.7. The molecule has 0 heterocycles. The highest BCUT2D eigenvalue weighted by molar-refractivity contribution is 5.78. The van der Waals surface area contributed by atoms with Crippen LogP contribution in [-0.4, -0.2) is 23.1 Å². The van der Waals surface area contributed by atoms with Crippen molar-refractivity contribution in [2.45, 2.75) is 76.3 Å². The van der Waals surface area contributed by atoms with Crippen molar-refractivity contribution in [1.29, 1.82) is 0 Å². The molecule has 6 nitrogen and oxygen atoms in total. The molecule has 0 saturated heterocycles. The fourth-order valence-electron chi connectivity index (χ4n) is 4.30. The van der Waals surface area contributed by atoms with Crippen LogP contribution in [0, 0.1) is 0 Å². The Kier molecular flexibility index (Phi) is 10.1. The first-order chi connectivity index (χ1) is 15.9. The van der Waals surface area contributed by atoms with Crippen LogP contribution < -0.4 is 5.73 Å². The molecule has 2 aromatic rings. The van der Waals surface area contributed by atoms with E-state index in [1.165, 1.54) is 11.0 Å². The van der Waals surface area contributed by atoms with E-state index in [0.29, 0.717) is 12.8 Å². The van der Waals surface area contributed by atoms with Gasteiger partial charge in [-0.15, -0.1) is 0 Å². The Morgan fingerprint density at radius 1 is 0.909 bits per heavy atom. The summed E-state index contributed by atoms with van der Waals surface area (Å²) < 4.78 is 1.21. The van der Waals surface area contributed by atoms with Crippen LogP contribution in [0.5, 0.6) is 0 Å². The molecular formula is C27H38N5O-. The van der Waals surface area contributed by atoms with E-state index < -0.39 is 5.54 Å². The van der Waals surface area contributed by atoms with Crippen LogP contribution in [0.1, 0.15) is 76.3 Å². The van der Waals surface area contributed by atoms with Crippen molar-refractivity contribution in [1.82, 2.24) is 0 Å². The minimum Gasteiger partial charge on any atom is -0.634 e. The molecule has 2 aromatic carbocycles. The molecule has 2 atom stereocenters. The molecule has 0 fully saturated rings. The molecular weight excluding hydrogens is 410 g/mol. The Morgan fingerprint density at radius 2 is 1.42 bits per heavy atom. The number of aliphatic imine (C=N–C) groups is 1. The number of nitrogens with zero attached hydrogens (tertiary/aromatic N) is 2. The Hall–Kier alpha value is -3.15. The minimum absolute atomic E-state index is 0.287. The average molecular weight is 449 g/mol. The summed E-state index contributed by atoms with van der Waals surface area (Å²) in [5, 5.41) is 0. The maximum atomic E-state index is 12.4. The maximum Gasteiger partial charge on any atom is 0.132 e. The smallest absolute Gasteiger partial charge is 0.132 e. The Balaban J connectivity index is 1.77. The van der Waals surface area contributed by atoms with Crippen molar-refractivity contribution in [3.05, 3.63) is 83.4 Å². The third-order valence-electron chi connectivity index (χ3n) is 6.55. The number of rotatable bonds is 14. The molecule has 0 aliphatic rings. The van der Waals surface area contributed by atoms with Gasteiger partial charge in [-0.05, 0) is 50.7 Å². The molecule has 33 heavy (non-hydrogen) atoms. The Bertz CT molecular complexity index is 913. The fourth-order valence-corrected chi connectivity index (χ4v) is 4.30. The van der Waals surface area contributed by atoms with Crippen molar-refractivity contribution in [3.63, 3.8) is 0 Å². The molecule has 0 saturated carbocycles. The fraction of sp³-hybridized carbons (Fsp3) is 0.444. The van der Waals surface area contributed by atoms with Gasteiger partial charge in [-0.2, -0.15) is 0 Å². The zero-order valence-electron chi connectivity index (χ0n) is 20.0. The molecule has 178 valence electrons. The quantitative estimate of drug-likeness (QED) is 0.116. The summed E-state index contributed by atoms with van der Waals surface area (Å²) in [5.41, 5.74) is 14.3. The predicted molar refractivity (Wildman–Crippen MR) is 137 cm³/mol. The highest BCUT2D eigenvalue weighted by Gasteiger charge is 2.25. The second-order valence-corrected chi connectivity index (χ2v) is 9.01. The van der Waals surface area contributed by atoms with Crippen molar-refractivity contribution in [3.8, 4) is 0 Å². The highest BCUT2D eigenvalue weighted by atomic mass is 16.1. The van der Waals surface area contributed by atoms with Gasteiger partial charge in [0, 0.05) is 18.4 Å². The van der Waals surface area contributed by atoms with Crippen LogP contribution >= 0.6 is 0 Å². The number of nitrogens with two attached hydrogens (primary N) is 1. The molecule has 4 N–H and O–H groups in total. The molecule has 0 amide bonds. The lowest BCUT2D eigenvalue weighted by atomic mass is 9.86. The lowest BCUT2D eigenvalue weighted by Gasteiger charge is -2.39. The van der Waals surface area contributed by atoms with Gasteiger partial charge in [0.1, 0.15) is 5.78 Å². The lowest BCUT2D eigenvalue weighted by Crippen LogP contribution is -2.32. The number of hydrogen-bond donors (Lipinski definition) is 1. The largest absolute Gasteiger partial charge is 0.634 e. The van der Waals surface area contributed by atoms with E-state index in [9.17, 15) is 4.79 Å². The van der Waals surface area contributed by atoms with Crippen LogP contribution in [0.25, 0.3) is 11.6 Å². The molecule has 0 aromatic heterocycles. The average Bonchev–Trinajstić information content (AvgIpc) is 2.85. The Morgan fingerprint density at radius 3 is 1.94 bits per heavy atom. The molecule has 0 aliphatic heterocycles. The van der Waals surface area contributed by atoms with Crippen molar-refractivity contribution in [2.75, 3.05) is 0 Å². The van der Waals surface area contributed by atoms with Gasteiger partial charge in [0.05, 0.1) is 18.2 Å². The zero-order chi connectivity index (χ0) is 24.2. The second-order valence-electron chi connectivity index (χ2n) is 9.01. The van der Waals surface area contributed by atoms with Crippen LogP contribution in [-0.2, 0) is 15.9 Å². The minimum atomic E-state index is -0.572. The van der Waals surface area contributed by atoms with E-state index in [1.807, 2.05) is 55.5 Å². The molecule has 2 rings (SSSR count). The molecule has 0 spiro atoms. The summed E-state index contributed by atoms with van der Waals surface area (Å²) in [6, 6.07) is 20.0. The molecule has 0 radical (unpaired) electrons. The maximum absolute atomic E-state index is 12.4. The van der Waals surface area contributed by atoms with Crippen LogP contribution in [0.15, 0.2) is 65.7 Å². The van der Waals surface area contributed by atoms with E-state index in [1.54, 1.807) is 0 Å². The van der Waals surface area contributed by atoms with Gasteiger partial charge in [-0.25, -0.2) is 0 Å². The lowest BCUT2D eigenvalue weighted by molar-refractivity contribution is -0.552. The van der Waals surface area contributed by atoms with Crippen molar-refractivity contribution >= 4 is 18.5 Å². The Labute approximate surface area is 198 Å². The number of Topliss-reactive ketones (excluding diaryl/α,β-unsaturated/α-hetero) is 1. The van der Waals surface area contributed by atoms with Gasteiger partial charge in [0.2, 0.25) is 0 Å². The van der Waals surface area contributed by atoms with Crippen LogP contribution in [0.4, 0.5) is 0 Å². The van der Waals surface area contributed by atoms with E-state index >= 15 is 0 Å². The van der Waals surface area contributed by atoms with E-state index in [0.717, 1.165) is 56.0 Å². The normalized spacial score (nSPS) is 15.8.